The second-order valence-corrected chi connectivity index (χ2v) is 5.81. The maximum Gasteiger partial charge on any atom is 0.328 e. The minimum Gasteiger partial charge on any atom is -0.480 e. The fourth-order valence-corrected chi connectivity index (χ4v) is 1.76. The summed E-state index contributed by atoms with van der Waals surface area (Å²) in [5.74, 6) is -5.21. The summed E-state index contributed by atoms with van der Waals surface area (Å²) in [6, 6.07) is -5.66. The lowest BCUT2D eigenvalue weighted by atomic mass is 10.1. The number of primary amides is 1. The minimum atomic E-state index is -1.57. The molecule has 5 unspecified atom stereocenters. The predicted molar refractivity (Wildman–Crippen MR) is 89.7 cm³/mol. The van der Waals surface area contributed by atoms with Crippen molar-refractivity contribution in [3.8, 4) is 0 Å². The summed E-state index contributed by atoms with van der Waals surface area (Å²) in [5, 5.41) is 33.3. The van der Waals surface area contributed by atoms with E-state index in [2.05, 4.69) is 10.6 Å². The molecule has 0 spiro atoms. The molecule has 154 valence electrons. The van der Waals surface area contributed by atoms with Gasteiger partial charge < -0.3 is 42.7 Å². The Labute approximate surface area is 154 Å². The Morgan fingerprint density at radius 1 is 0.926 bits per heavy atom. The average molecular weight is 391 g/mol. The van der Waals surface area contributed by atoms with Crippen LogP contribution in [-0.4, -0.2) is 81.8 Å². The minimum absolute atomic E-state index is 0.604. The standard InChI is InChI=1S/C14H25N5O8/c1-5(11(23)19-8(4-20)14(26)27)17-12(24)7(3-9(15)22)18-13(25)10(16)6(2)21/h5-8,10,20-21H,3-4,16H2,1-2H3,(H2,15,22)(H,17,24)(H,18,25)(H,19,23)(H,26,27). The molecule has 4 amide bonds. The number of carboxylic acids is 1. The van der Waals surface area contributed by atoms with Crippen LogP contribution in [0.2, 0.25) is 0 Å². The number of carbonyl (C=O) groups is 5. The summed E-state index contributed by atoms with van der Waals surface area (Å²) >= 11 is 0. The van der Waals surface area contributed by atoms with E-state index in [1.165, 1.54) is 13.8 Å². The molecule has 0 heterocycles. The van der Waals surface area contributed by atoms with Gasteiger partial charge in [0.05, 0.1) is 19.1 Å². The highest BCUT2D eigenvalue weighted by Gasteiger charge is 2.30. The predicted octanol–water partition coefficient (Wildman–Crippen LogP) is -4.88. The molecule has 0 aliphatic rings. The zero-order chi connectivity index (χ0) is 21.3. The van der Waals surface area contributed by atoms with Crippen molar-refractivity contribution in [1.82, 2.24) is 16.0 Å². The molecule has 0 fully saturated rings. The van der Waals surface area contributed by atoms with Gasteiger partial charge in [0, 0.05) is 0 Å². The average Bonchev–Trinajstić information content (AvgIpc) is 2.56. The van der Waals surface area contributed by atoms with Gasteiger partial charge >= 0.3 is 5.97 Å². The first-order chi connectivity index (χ1) is 12.4. The van der Waals surface area contributed by atoms with E-state index in [-0.39, 0.29) is 0 Å². The molecule has 13 nitrogen and oxygen atoms in total. The van der Waals surface area contributed by atoms with Crippen LogP contribution >= 0.6 is 0 Å². The second-order valence-electron chi connectivity index (χ2n) is 5.81. The summed E-state index contributed by atoms with van der Waals surface area (Å²) in [6.07, 6.45) is -1.83. The molecular weight excluding hydrogens is 366 g/mol. The van der Waals surface area contributed by atoms with Crippen molar-refractivity contribution in [1.29, 1.82) is 0 Å². The summed E-state index contributed by atoms with van der Waals surface area (Å²) in [4.78, 5) is 57.9. The summed E-state index contributed by atoms with van der Waals surface area (Å²) in [5.41, 5.74) is 10.5. The Kier molecular flexibility index (Phi) is 9.92. The van der Waals surface area contributed by atoms with E-state index in [4.69, 9.17) is 21.7 Å². The molecule has 10 N–H and O–H groups in total. The molecule has 27 heavy (non-hydrogen) atoms. The molecule has 0 aromatic heterocycles. The van der Waals surface area contributed by atoms with Gasteiger partial charge in [-0.05, 0) is 13.8 Å². The zero-order valence-electron chi connectivity index (χ0n) is 14.8. The van der Waals surface area contributed by atoms with Gasteiger partial charge in [0.15, 0.2) is 0 Å². The third-order valence-electron chi connectivity index (χ3n) is 3.41. The quantitative estimate of drug-likeness (QED) is 0.168. The first-order valence-electron chi connectivity index (χ1n) is 7.87. The van der Waals surface area contributed by atoms with Crippen molar-refractivity contribution >= 4 is 29.6 Å². The van der Waals surface area contributed by atoms with Gasteiger partial charge in [0.2, 0.25) is 23.6 Å². The van der Waals surface area contributed by atoms with Crippen LogP contribution in [0.5, 0.6) is 0 Å². The van der Waals surface area contributed by atoms with Crippen LogP contribution in [0.1, 0.15) is 20.3 Å². The summed E-state index contributed by atoms with van der Waals surface area (Å²) < 4.78 is 0. The molecule has 0 aliphatic carbocycles. The van der Waals surface area contributed by atoms with Crippen molar-refractivity contribution in [3.63, 3.8) is 0 Å². The highest BCUT2D eigenvalue weighted by molar-refractivity contribution is 5.96. The molecule has 0 rings (SSSR count). The van der Waals surface area contributed by atoms with E-state index in [1.807, 2.05) is 5.32 Å². The molecule has 13 heteroatoms. The second kappa shape index (κ2) is 11.1. The third-order valence-corrected chi connectivity index (χ3v) is 3.41. The van der Waals surface area contributed by atoms with Crippen LogP contribution in [-0.2, 0) is 24.0 Å². The number of aliphatic hydroxyl groups is 2. The van der Waals surface area contributed by atoms with Gasteiger partial charge in [-0.2, -0.15) is 0 Å². The monoisotopic (exact) mass is 391 g/mol. The summed E-state index contributed by atoms with van der Waals surface area (Å²) in [6.45, 7) is 1.60. The lowest BCUT2D eigenvalue weighted by Crippen LogP contribution is -2.58. The SMILES string of the molecule is CC(NC(=O)C(CC(N)=O)NC(=O)C(N)C(C)O)C(=O)NC(CO)C(=O)O. The molecule has 0 radical (unpaired) electrons. The van der Waals surface area contributed by atoms with E-state index in [9.17, 15) is 29.1 Å². The highest BCUT2D eigenvalue weighted by atomic mass is 16.4. The number of rotatable bonds is 11. The molecule has 0 aromatic rings. The molecular formula is C14H25N5O8. The number of hydrogen-bond donors (Lipinski definition) is 8. The van der Waals surface area contributed by atoms with Gasteiger partial charge in [-0.1, -0.05) is 0 Å². The van der Waals surface area contributed by atoms with Gasteiger partial charge in [0.1, 0.15) is 24.2 Å². The van der Waals surface area contributed by atoms with E-state index in [0.29, 0.717) is 0 Å². The van der Waals surface area contributed by atoms with Crippen LogP contribution in [0.15, 0.2) is 0 Å². The van der Waals surface area contributed by atoms with Crippen LogP contribution in [0, 0.1) is 0 Å². The van der Waals surface area contributed by atoms with Crippen molar-refractivity contribution < 1.29 is 39.3 Å². The number of carboxylic acid groups (broad SMARTS) is 1. The molecule has 0 aromatic carbocycles. The van der Waals surface area contributed by atoms with Crippen LogP contribution in [0.3, 0.4) is 0 Å². The maximum absolute atomic E-state index is 12.2. The first-order valence-corrected chi connectivity index (χ1v) is 7.87. The van der Waals surface area contributed by atoms with E-state index < -0.39 is 72.9 Å². The topological polar surface area (TPSA) is 234 Å². The van der Waals surface area contributed by atoms with Crippen LogP contribution in [0.4, 0.5) is 0 Å². The molecule has 0 saturated carbocycles. The van der Waals surface area contributed by atoms with E-state index in [0.717, 1.165) is 0 Å². The molecule has 0 aliphatic heterocycles. The number of aliphatic hydroxyl groups excluding tert-OH is 2. The van der Waals surface area contributed by atoms with Gasteiger partial charge in [-0.3, -0.25) is 19.2 Å². The Morgan fingerprint density at radius 3 is 1.85 bits per heavy atom. The normalized spacial score (nSPS) is 16.2. The smallest absolute Gasteiger partial charge is 0.328 e. The molecule has 0 bridgehead atoms. The highest BCUT2D eigenvalue weighted by Crippen LogP contribution is 1.98. The van der Waals surface area contributed by atoms with Crippen LogP contribution < -0.4 is 27.4 Å². The Hall–Kier alpha value is -2.77. The van der Waals surface area contributed by atoms with Crippen molar-refractivity contribution in [3.05, 3.63) is 0 Å². The Balaban J connectivity index is 5.02. The van der Waals surface area contributed by atoms with E-state index in [1.54, 1.807) is 0 Å². The van der Waals surface area contributed by atoms with E-state index >= 15 is 0 Å². The number of aliphatic carboxylic acids is 1. The number of nitrogens with one attached hydrogen (secondary N) is 3. The first kappa shape index (κ1) is 24.2. The third kappa shape index (κ3) is 8.44. The van der Waals surface area contributed by atoms with Gasteiger partial charge in [-0.15, -0.1) is 0 Å². The zero-order valence-corrected chi connectivity index (χ0v) is 14.8. The number of hydrogen-bond acceptors (Lipinski definition) is 8. The van der Waals surface area contributed by atoms with Crippen molar-refractivity contribution in [2.24, 2.45) is 11.5 Å². The fourth-order valence-electron chi connectivity index (χ4n) is 1.76. The molecule has 0 saturated heterocycles. The summed E-state index contributed by atoms with van der Waals surface area (Å²) in [7, 11) is 0. The lowest BCUT2D eigenvalue weighted by Gasteiger charge is -2.23. The van der Waals surface area contributed by atoms with Crippen molar-refractivity contribution in [2.45, 2.75) is 50.5 Å². The number of amides is 4. The van der Waals surface area contributed by atoms with Gasteiger partial charge in [-0.25, -0.2) is 4.79 Å². The Bertz CT molecular complexity index is 582. The van der Waals surface area contributed by atoms with Crippen LogP contribution in [0.25, 0.3) is 0 Å². The van der Waals surface area contributed by atoms with Crippen molar-refractivity contribution in [2.75, 3.05) is 6.61 Å². The largest absolute Gasteiger partial charge is 0.480 e. The fraction of sp³-hybridized carbons (Fsp3) is 0.643. The number of carbonyl (C=O) groups excluding carboxylic acids is 4. The molecule has 5 atom stereocenters. The Morgan fingerprint density at radius 2 is 1.44 bits per heavy atom. The maximum atomic E-state index is 12.2. The lowest BCUT2D eigenvalue weighted by molar-refractivity contribution is -0.143. The van der Waals surface area contributed by atoms with Gasteiger partial charge in [0.25, 0.3) is 0 Å². The number of nitrogens with two attached hydrogens (primary N) is 2.